The molecule has 0 aliphatic rings. The summed E-state index contributed by atoms with van der Waals surface area (Å²) < 4.78 is 6.60. The average molecular weight is 244 g/mol. The van der Waals surface area contributed by atoms with Gasteiger partial charge in [0.05, 0.1) is 10.2 Å². The summed E-state index contributed by atoms with van der Waals surface area (Å²) in [6.07, 6.45) is 1.25. The highest BCUT2D eigenvalue weighted by atomic mass is 32.1. The molecule has 0 bridgehead atoms. The van der Waals surface area contributed by atoms with Crippen LogP contribution in [0.3, 0.4) is 0 Å². The Hall–Kier alpha value is -2.14. The van der Waals surface area contributed by atoms with Crippen LogP contribution in [-0.2, 0) is 0 Å². The molecule has 2 aromatic heterocycles. The number of benzene rings is 1. The first kappa shape index (κ1) is 10.0. The molecule has 0 aliphatic heterocycles. The summed E-state index contributed by atoms with van der Waals surface area (Å²) in [6, 6.07) is 11.5. The van der Waals surface area contributed by atoms with E-state index in [0.717, 1.165) is 15.2 Å². The molecule has 0 saturated carbocycles. The molecule has 1 N–H and O–H groups in total. The Morgan fingerprint density at radius 2 is 2.12 bits per heavy atom. The van der Waals surface area contributed by atoms with E-state index in [9.17, 15) is 0 Å². The van der Waals surface area contributed by atoms with Gasteiger partial charge in [-0.2, -0.15) is 0 Å². The SMILES string of the molecule is O/N=C/c1ccc(-c2nc3ccccc3s2)o1. The van der Waals surface area contributed by atoms with Gasteiger partial charge in [-0.15, -0.1) is 11.3 Å². The molecule has 3 aromatic rings. The number of hydrogen-bond donors (Lipinski definition) is 1. The molecule has 0 fully saturated rings. The third kappa shape index (κ3) is 1.81. The molecule has 0 radical (unpaired) electrons. The van der Waals surface area contributed by atoms with Crippen LogP contribution in [0.2, 0.25) is 0 Å². The molecule has 0 spiro atoms. The van der Waals surface area contributed by atoms with Crippen molar-refractivity contribution in [3.05, 3.63) is 42.2 Å². The number of thiazole rings is 1. The van der Waals surface area contributed by atoms with E-state index < -0.39 is 0 Å². The van der Waals surface area contributed by atoms with E-state index in [0.29, 0.717) is 11.5 Å². The van der Waals surface area contributed by atoms with E-state index in [1.54, 1.807) is 17.4 Å². The molecule has 2 heterocycles. The maximum Gasteiger partial charge on any atom is 0.163 e. The summed E-state index contributed by atoms with van der Waals surface area (Å²) in [5.74, 6) is 1.18. The summed E-state index contributed by atoms with van der Waals surface area (Å²) in [7, 11) is 0. The smallest absolute Gasteiger partial charge is 0.163 e. The summed E-state index contributed by atoms with van der Waals surface area (Å²) in [4.78, 5) is 4.47. The Morgan fingerprint density at radius 3 is 2.94 bits per heavy atom. The summed E-state index contributed by atoms with van der Waals surface area (Å²) >= 11 is 1.57. The number of fused-ring (bicyclic) bond motifs is 1. The number of furan rings is 1. The highest BCUT2D eigenvalue weighted by molar-refractivity contribution is 7.21. The minimum atomic E-state index is 0.502. The molecule has 0 amide bonds. The van der Waals surface area contributed by atoms with Gasteiger partial charge in [0.15, 0.2) is 10.8 Å². The summed E-state index contributed by atoms with van der Waals surface area (Å²) in [6.45, 7) is 0. The van der Waals surface area contributed by atoms with Crippen molar-refractivity contribution in [1.29, 1.82) is 0 Å². The molecule has 0 aliphatic carbocycles. The molecule has 3 rings (SSSR count). The standard InChI is InChI=1S/C12H8N2O2S/c15-13-7-8-5-6-10(16-8)12-14-9-3-1-2-4-11(9)17-12/h1-7,15H/b13-7+. The Morgan fingerprint density at radius 1 is 1.24 bits per heavy atom. The van der Waals surface area contributed by atoms with Gasteiger partial charge in [0.2, 0.25) is 0 Å². The van der Waals surface area contributed by atoms with Gasteiger partial charge in [-0.1, -0.05) is 17.3 Å². The van der Waals surface area contributed by atoms with Gasteiger partial charge >= 0.3 is 0 Å². The number of hydrogen-bond acceptors (Lipinski definition) is 5. The quantitative estimate of drug-likeness (QED) is 0.427. The molecular weight excluding hydrogens is 236 g/mol. The van der Waals surface area contributed by atoms with Crippen LogP contribution in [0.15, 0.2) is 46.0 Å². The summed E-state index contributed by atoms with van der Waals surface area (Å²) in [5, 5.41) is 12.2. The molecule has 4 nitrogen and oxygen atoms in total. The van der Waals surface area contributed by atoms with E-state index in [1.807, 2.05) is 30.3 Å². The van der Waals surface area contributed by atoms with Crippen LogP contribution in [0.4, 0.5) is 0 Å². The minimum absolute atomic E-state index is 0.502. The van der Waals surface area contributed by atoms with Gasteiger partial charge in [0.25, 0.3) is 0 Å². The van der Waals surface area contributed by atoms with Crippen LogP contribution in [-0.4, -0.2) is 16.4 Å². The van der Waals surface area contributed by atoms with Gasteiger partial charge in [-0.25, -0.2) is 4.98 Å². The van der Waals surface area contributed by atoms with Crippen molar-refractivity contribution < 1.29 is 9.62 Å². The first-order valence-corrected chi connectivity index (χ1v) is 5.82. The van der Waals surface area contributed by atoms with Crippen molar-refractivity contribution in [2.75, 3.05) is 0 Å². The topological polar surface area (TPSA) is 58.6 Å². The lowest BCUT2D eigenvalue weighted by Crippen LogP contribution is -1.73. The van der Waals surface area contributed by atoms with E-state index in [4.69, 9.17) is 9.62 Å². The average Bonchev–Trinajstić information content (AvgIpc) is 2.94. The fourth-order valence-electron chi connectivity index (χ4n) is 1.57. The predicted octanol–water partition coefficient (Wildman–Crippen LogP) is 3.36. The number of rotatable bonds is 2. The third-order valence-electron chi connectivity index (χ3n) is 2.32. The molecule has 0 saturated heterocycles. The van der Waals surface area contributed by atoms with Crippen molar-refractivity contribution in [1.82, 2.24) is 4.98 Å². The maximum absolute atomic E-state index is 8.41. The Balaban J connectivity index is 2.07. The number of para-hydroxylation sites is 1. The highest BCUT2D eigenvalue weighted by Gasteiger charge is 2.09. The molecule has 0 atom stereocenters. The first-order chi connectivity index (χ1) is 8.36. The Labute approximate surface area is 101 Å². The van der Waals surface area contributed by atoms with Crippen LogP contribution in [0.25, 0.3) is 21.0 Å². The number of aromatic nitrogens is 1. The molecule has 84 valence electrons. The van der Waals surface area contributed by atoms with E-state index in [1.165, 1.54) is 6.21 Å². The van der Waals surface area contributed by atoms with Gasteiger partial charge in [-0.05, 0) is 24.3 Å². The minimum Gasteiger partial charge on any atom is -0.452 e. The second-order valence-electron chi connectivity index (χ2n) is 3.43. The fraction of sp³-hybridized carbons (Fsp3) is 0. The lowest BCUT2D eigenvalue weighted by atomic mass is 10.3. The largest absolute Gasteiger partial charge is 0.452 e. The van der Waals surface area contributed by atoms with Gasteiger partial charge < -0.3 is 9.62 Å². The second-order valence-corrected chi connectivity index (χ2v) is 4.46. The Kier molecular flexibility index (Phi) is 2.38. The molecular formula is C12H8N2O2S. The maximum atomic E-state index is 8.41. The lowest BCUT2D eigenvalue weighted by Gasteiger charge is -1.86. The van der Waals surface area contributed by atoms with Crippen LogP contribution in [0, 0.1) is 0 Å². The van der Waals surface area contributed by atoms with Gasteiger partial charge in [-0.3, -0.25) is 0 Å². The molecule has 17 heavy (non-hydrogen) atoms. The fourth-order valence-corrected chi connectivity index (χ4v) is 2.50. The second kappa shape index (κ2) is 4.03. The molecule has 5 heteroatoms. The van der Waals surface area contributed by atoms with Crippen molar-refractivity contribution in [2.45, 2.75) is 0 Å². The van der Waals surface area contributed by atoms with Crippen LogP contribution in [0.5, 0.6) is 0 Å². The highest BCUT2D eigenvalue weighted by Crippen LogP contribution is 2.30. The zero-order valence-corrected chi connectivity index (χ0v) is 9.52. The van der Waals surface area contributed by atoms with Crippen LogP contribution in [0.1, 0.15) is 5.76 Å². The first-order valence-electron chi connectivity index (χ1n) is 5.00. The van der Waals surface area contributed by atoms with Crippen LogP contribution >= 0.6 is 11.3 Å². The monoisotopic (exact) mass is 244 g/mol. The number of oxime groups is 1. The van der Waals surface area contributed by atoms with Gasteiger partial charge in [0, 0.05) is 0 Å². The normalized spacial score (nSPS) is 11.5. The predicted molar refractivity (Wildman–Crippen MR) is 66.7 cm³/mol. The Bertz CT molecular complexity index is 651. The lowest BCUT2D eigenvalue weighted by molar-refractivity contribution is 0.321. The van der Waals surface area contributed by atoms with E-state index in [-0.39, 0.29) is 0 Å². The van der Waals surface area contributed by atoms with Crippen molar-refractivity contribution in [3.8, 4) is 10.8 Å². The number of nitrogens with zero attached hydrogens (tertiary/aromatic N) is 2. The van der Waals surface area contributed by atoms with Crippen molar-refractivity contribution in [2.24, 2.45) is 5.16 Å². The molecule has 0 unspecified atom stereocenters. The zero-order chi connectivity index (χ0) is 11.7. The molecule has 1 aromatic carbocycles. The summed E-state index contributed by atoms with van der Waals surface area (Å²) in [5.41, 5.74) is 0.960. The van der Waals surface area contributed by atoms with Crippen molar-refractivity contribution in [3.63, 3.8) is 0 Å². The third-order valence-corrected chi connectivity index (χ3v) is 3.37. The van der Waals surface area contributed by atoms with E-state index >= 15 is 0 Å². The van der Waals surface area contributed by atoms with Gasteiger partial charge in [0.1, 0.15) is 12.0 Å². The van der Waals surface area contributed by atoms with Crippen molar-refractivity contribution >= 4 is 27.8 Å². The zero-order valence-electron chi connectivity index (χ0n) is 8.70. The van der Waals surface area contributed by atoms with E-state index in [2.05, 4.69) is 10.1 Å². The van der Waals surface area contributed by atoms with Crippen LogP contribution < -0.4 is 0 Å².